The zero-order chi connectivity index (χ0) is 17.7. The molecule has 0 unspecified atom stereocenters. The molecular weight excluding hydrogens is 341 g/mol. The first-order valence-corrected chi connectivity index (χ1v) is 8.96. The standard InChI is InChI=1S/C20H23Cl2NO/c1-4-19(17-9-5-13(2)11-14(17)3)23-20(24)10-7-15-6-8-16(21)12-18(15)22/h5-6,8-9,11-12,19H,4,7,10H2,1-3H3,(H,23,24)/t19-/m1/s1. The summed E-state index contributed by atoms with van der Waals surface area (Å²) in [5, 5.41) is 4.35. The lowest BCUT2D eigenvalue weighted by Gasteiger charge is -2.20. The van der Waals surface area contributed by atoms with E-state index in [1.54, 1.807) is 12.1 Å². The maximum absolute atomic E-state index is 12.3. The first-order valence-electron chi connectivity index (χ1n) is 8.21. The van der Waals surface area contributed by atoms with Crippen molar-refractivity contribution in [2.75, 3.05) is 0 Å². The lowest BCUT2D eigenvalue weighted by molar-refractivity contribution is -0.121. The third kappa shape index (κ3) is 4.99. The zero-order valence-electron chi connectivity index (χ0n) is 14.3. The van der Waals surface area contributed by atoms with Gasteiger partial charge in [-0.3, -0.25) is 4.79 Å². The summed E-state index contributed by atoms with van der Waals surface area (Å²) < 4.78 is 0. The van der Waals surface area contributed by atoms with Gasteiger partial charge in [-0.2, -0.15) is 0 Å². The minimum Gasteiger partial charge on any atom is -0.349 e. The highest BCUT2D eigenvalue weighted by atomic mass is 35.5. The van der Waals surface area contributed by atoms with Crippen LogP contribution in [0.4, 0.5) is 0 Å². The molecule has 2 aromatic carbocycles. The number of halogens is 2. The van der Waals surface area contributed by atoms with Gasteiger partial charge in [0, 0.05) is 16.5 Å². The lowest BCUT2D eigenvalue weighted by Crippen LogP contribution is -2.28. The van der Waals surface area contributed by atoms with Crippen molar-refractivity contribution in [1.29, 1.82) is 0 Å². The Morgan fingerprint density at radius 3 is 2.50 bits per heavy atom. The second-order valence-corrected chi connectivity index (χ2v) is 6.97. The fourth-order valence-electron chi connectivity index (χ4n) is 2.86. The molecule has 0 fully saturated rings. The van der Waals surface area contributed by atoms with E-state index in [9.17, 15) is 4.79 Å². The molecule has 1 atom stereocenters. The maximum atomic E-state index is 12.3. The van der Waals surface area contributed by atoms with Gasteiger partial charge in [0.05, 0.1) is 6.04 Å². The summed E-state index contributed by atoms with van der Waals surface area (Å²) in [5.74, 6) is 0.0350. The summed E-state index contributed by atoms with van der Waals surface area (Å²) in [6, 6.07) is 11.8. The van der Waals surface area contributed by atoms with Gasteiger partial charge in [0.2, 0.25) is 5.91 Å². The van der Waals surface area contributed by atoms with Crippen LogP contribution in [-0.2, 0) is 11.2 Å². The molecule has 0 aliphatic rings. The predicted molar refractivity (Wildman–Crippen MR) is 102 cm³/mol. The maximum Gasteiger partial charge on any atom is 0.220 e. The number of hydrogen-bond donors (Lipinski definition) is 1. The molecular formula is C20H23Cl2NO. The number of carbonyl (C=O) groups is 1. The van der Waals surface area contributed by atoms with Crippen LogP contribution in [0.5, 0.6) is 0 Å². The van der Waals surface area contributed by atoms with E-state index in [1.165, 1.54) is 16.7 Å². The van der Waals surface area contributed by atoms with Crippen LogP contribution in [0, 0.1) is 13.8 Å². The van der Waals surface area contributed by atoms with E-state index >= 15 is 0 Å². The Hall–Kier alpha value is -1.51. The molecule has 24 heavy (non-hydrogen) atoms. The van der Waals surface area contributed by atoms with Crippen molar-refractivity contribution in [2.24, 2.45) is 0 Å². The van der Waals surface area contributed by atoms with E-state index in [1.807, 2.05) is 6.07 Å². The average molecular weight is 364 g/mol. The van der Waals surface area contributed by atoms with Crippen LogP contribution in [0.1, 0.15) is 48.1 Å². The van der Waals surface area contributed by atoms with Gasteiger partial charge < -0.3 is 5.32 Å². The number of hydrogen-bond acceptors (Lipinski definition) is 1. The molecule has 0 bridgehead atoms. The number of aryl methyl sites for hydroxylation is 3. The number of nitrogens with one attached hydrogen (secondary N) is 1. The molecule has 0 spiro atoms. The van der Waals surface area contributed by atoms with Crippen molar-refractivity contribution in [2.45, 2.75) is 46.1 Å². The molecule has 2 aromatic rings. The fourth-order valence-corrected chi connectivity index (χ4v) is 3.36. The topological polar surface area (TPSA) is 29.1 Å². The largest absolute Gasteiger partial charge is 0.349 e. The van der Waals surface area contributed by atoms with Gasteiger partial charge in [-0.25, -0.2) is 0 Å². The quantitative estimate of drug-likeness (QED) is 0.688. The Morgan fingerprint density at radius 2 is 1.88 bits per heavy atom. The van der Waals surface area contributed by atoms with Crippen molar-refractivity contribution in [1.82, 2.24) is 5.32 Å². The molecule has 0 aliphatic carbocycles. The van der Waals surface area contributed by atoms with Crippen LogP contribution in [-0.4, -0.2) is 5.91 Å². The Kier molecular flexibility index (Phi) is 6.70. The highest BCUT2D eigenvalue weighted by Gasteiger charge is 2.15. The van der Waals surface area contributed by atoms with Crippen molar-refractivity contribution in [3.05, 3.63) is 68.7 Å². The van der Waals surface area contributed by atoms with Gasteiger partial charge in [0.15, 0.2) is 0 Å². The number of amides is 1. The predicted octanol–water partition coefficient (Wildman–Crippen LogP) is 5.81. The van der Waals surface area contributed by atoms with Crippen molar-refractivity contribution in [3.63, 3.8) is 0 Å². The first-order chi connectivity index (χ1) is 11.4. The van der Waals surface area contributed by atoms with Crippen LogP contribution in [0.25, 0.3) is 0 Å². The first kappa shape index (κ1) is 18.8. The van der Waals surface area contributed by atoms with E-state index < -0.39 is 0 Å². The third-order valence-electron chi connectivity index (χ3n) is 4.18. The monoisotopic (exact) mass is 363 g/mol. The zero-order valence-corrected chi connectivity index (χ0v) is 15.8. The van der Waals surface area contributed by atoms with Crippen LogP contribution in [0.3, 0.4) is 0 Å². The van der Waals surface area contributed by atoms with E-state index in [4.69, 9.17) is 23.2 Å². The smallest absolute Gasteiger partial charge is 0.220 e. The van der Waals surface area contributed by atoms with Crippen LogP contribution >= 0.6 is 23.2 Å². The second kappa shape index (κ2) is 8.55. The minimum absolute atomic E-state index is 0.0350. The van der Waals surface area contributed by atoms with Crippen LogP contribution in [0.15, 0.2) is 36.4 Å². The molecule has 1 amide bonds. The minimum atomic E-state index is 0.0350. The van der Waals surface area contributed by atoms with Gasteiger partial charge in [0.25, 0.3) is 0 Å². The highest BCUT2D eigenvalue weighted by Crippen LogP contribution is 2.24. The third-order valence-corrected chi connectivity index (χ3v) is 4.77. The summed E-state index contributed by atoms with van der Waals surface area (Å²) in [6.07, 6.45) is 1.87. The van der Waals surface area contributed by atoms with Crippen LogP contribution in [0.2, 0.25) is 10.0 Å². The van der Waals surface area contributed by atoms with E-state index in [2.05, 4.69) is 44.3 Å². The van der Waals surface area contributed by atoms with E-state index in [0.717, 1.165) is 12.0 Å². The van der Waals surface area contributed by atoms with Gasteiger partial charge in [-0.15, -0.1) is 0 Å². The van der Waals surface area contributed by atoms with Crippen molar-refractivity contribution in [3.8, 4) is 0 Å². The van der Waals surface area contributed by atoms with Gasteiger partial charge in [-0.05, 0) is 55.5 Å². The fraction of sp³-hybridized carbons (Fsp3) is 0.350. The molecule has 1 N–H and O–H groups in total. The van der Waals surface area contributed by atoms with Gasteiger partial charge in [-0.1, -0.05) is 60.0 Å². The van der Waals surface area contributed by atoms with Crippen molar-refractivity contribution < 1.29 is 4.79 Å². The number of benzene rings is 2. The Bertz CT molecular complexity index is 728. The number of rotatable bonds is 6. The molecule has 0 saturated carbocycles. The summed E-state index contributed by atoms with van der Waals surface area (Å²) in [7, 11) is 0. The molecule has 2 nitrogen and oxygen atoms in total. The summed E-state index contributed by atoms with van der Waals surface area (Å²) >= 11 is 12.1. The summed E-state index contributed by atoms with van der Waals surface area (Å²) in [4.78, 5) is 12.3. The molecule has 2 rings (SSSR count). The number of carbonyl (C=O) groups excluding carboxylic acids is 1. The van der Waals surface area contributed by atoms with E-state index in [-0.39, 0.29) is 11.9 Å². The highest BCUT2D eigenvalue weighted by molar-refractivity contribution is 6.35. The van der Waals surface area contributed by atoms with E-state index in [0.29, 0.717) is 22.9 Å². The second-order valence-electron chi connectivity index (χ2n) is 6.12. The van der Waals surface area contributed by atoms with Crippen LogP contribution < -0.4 is 5.32 Å². The molecule has 128 valence electrons. The molecule has 4 heteroatoms. The molecule has 0 heterocycles. The van der Waals surface area contributed by atoms with Gasteiger partial charge >= 0.3 is 0 Å². The molecule has 0 saturated heterocycles. The molecule has 0 aromatic heterocycles. The molecule has 0 radical (unpaired) electrons. The summed E-state index contributed by atoms with van der Waals surface area (Å²) in [6.45, 7) is 6.25. The Morgan fingerprint density at radius 1 is 1.12 bits per heavy atom. The Labute approximate surface area is 154 Å². The average Bonchev–Trinajstić information content (AvgIpc) is 2.52. The summed E-state index contributed by atoms with van der Waals surface area (Å²) in [5.41, 5.74) is 4.56. The Balaban J connectivity index is 1.99. The SMILES string of the molecule is CC[C@@H](NC(=O)CCc1ccc(Cl)cc1Cl)c1ccc(C)cc1C. The molecule has 0 aliphatic heterocycles. The van der Waals surface area contributed by atoms with Crippen molar-refractivity contribution >= 4 is 29.1 Å². The van der Waals surface area contributed by atoms with Gasteiger partial charge in [0.1, 0.15) is 0 Å². The normalized spacial score (nSPS) is 12.0. The lowest BCUT2D eigenvalue weighted by atomic mass is 9.97.